The number of aryl methyl sites for hydroxylation is 1. The Kier molecular flexibility index (Phi) is 2.29. The topological polar surface area (TPSA) is 0 Å². The molecule has 1 aliphatic rings. The Labute approximate surface area is 87.8 Å². The van der Waals surface area contributed by atoms with E-state index in [1.165, 1.54) is 39.6 Å². The summed E-state index contributed by atoms with van der Waals surface area (Å²) in [5.41, 5.74) is 5.67. The van der Waals surface area contributed by atoms with E-state index in [0.717, 1.165) is 0 Å². The predicted molar refractivity (Wildman–Crippen MR) is 61.0 cm³/mol. The fourth-order valence-electron chi connectivity index (χ4n) is 1.95. The first kappa shape index (κ1) is 9.01. The smallest absolute Gasteiger partial charge is 0.0236 e. The fraction of sp³-hybridized carbons (Fsp3) is 0.333. The molecule has 2 rings (SSSR count). The maximum absolute atomic E-state index is 3.63. The molecule has 0 unspecified atom stereocenters. The van der Waals surface area contributed by atoms with Crippen LogP contribution in [0.4, 0.5) is 0 Å². The highest BCUT2D eigenvalue weighted by Crippen LogP contribution is 2.30. The van der Waals surface area contributed by atoms with Gasteiger partial charge in [0.2, 0.25) is 0 Å². The number of hydrogen-bond donors (Lipinski definition) is 0. The van der Waals surface area contributed by atoms with Crippen LogP contribution in [0.3, 0.4) is 0 Å². The number of rotatable bonds is 0. The molecule has 0 atom stereocenters. The molecule has 1 heteroatoms. The third-order valence-corrected chi connectivity index (χ3v) is 3.93. The van der Waals surface area contributed by atoms with Gasteiger partial charge in [-0.05, 0) is 48.9 Å². The highest BCUT2D eigenvalue weighted by atomic mass is 79.9. The first-order valence-electron chi connectivity index (χ1n) is 4.65. The van der Waals surface area contributed by atoms with Gasteiger partial charge in [-0.1, -0.05) is 34.1 Å². The first-order chi connectivity index (χ1) is 6.20. The molecule has 0 bridgehead atoms. The van der Waals surface area contributed by atoms with Crippen molar-refractivity contribution in [3.05, 3.63) is 38.9 Å². The number of halogens is 1. The minimum atomic E-state index is 1.18. The van der Waals surface area contributed by atoms with Crippen molar-refractivity contribution in [2.24, 2.45) is 0 Å². The fourth-order valence-corrected chi connectivity index (χ4v) is 2.30. The van der Waals surface area contributed by atoms with E-state index in [1.807, 2.05) is 0 Å². The van der Waals surface area contributed by atoms with E-state index in [-0.39, 0.29) is 0 Å². The van der Waals surface area contributed by atoms with Gasteiger partial charge in [0, 0.05) is 4.47 Å². The molecule has 1 aliphatic carbocycles. The van der Waals surface area contributed by atoms with Crippen LogP contribution in [0.25, 0.3) is 6.08 Å². The van der Waals surface area contributed by atoms with Gasteiger partial charge in [0.15, 0.2) is 0 Å². The van der Waals surface area contributed by atoms with Crippen LogP contribution >= 0.6 is 15.9 Å². The zero-order valence-electron chi connectivity index (χ0n) is 8.02. The lowest BCUT2D eigenvalue weighted by Gasteiger charge is -2.16. The SMILES string of the molecule is Cc1cc2c(c(C)c1Br)CCC=C2. The van der Waals surface area contributed by atoms with E-state index >= 15 is 0 Å². The number of benzene rings is 1. The zero-order chi connectivity index (χ0) is 9.42. The highest BCUT2D eigenvalue weighted by Gasteiger charge is 2.11. The minimum absolute atomic E-state index is 1.18. The third kappa shape index (κ3) is 1.46. The zero-order valence-corrected chi connectivity index (χ0v) is 9.61. The maximum Gasteiger partial charge on any atom is 0.0236 e. The summed E-state index contributed by atoms with van der Waals surface area (Å²) in [5.74, 6) is 0. The summed E-state index contributed by atoms with van der Waals surface area (Å²) in [6, 6.07) is 2.27. The normalized spacial score (nSPS) is 14.4. The van der Waals surface area contributed by atoms with Crippen molar-refractivity contribution in [1.29, 1.82) is 0 Å². The Morgan fingerprint density at radius 1 is 1.31 bits per heavy atom. The lowest BCUT2D eigenvalue weighted by atomic mass is 9.92. The van der Waals surface area contributed by atoms with Gasteiger partial charge in [-0.2, -0.15) is 0 Å². The molecule has 0 saturated carbocycles. The predicted octanol–water partition coefficient (Wildman–Crippen LogP) is 4.03. The van der Waals surface area contributed by atoms with E-state index < -0.39 is 0 Å². The molecule has 68 valence electrons. The van der Waals surface area contributed by atoms with Gasteiger partial charge in [0.05, 0.1) is 0 Å². The average Bonchev–Trinajstić information content (AvgIpc) is 2.15. The van der Waals surface area contributed by atoms with Crippen LogP contribution in [0, 0.1) is 13.8 Å². The van der Waals surface area contributed by atoms with Crippen molar-refractivity contribution in [1.82, 2.24) is 0 Å². The summed E-state index contributed by atoms with van der Waals surface area (Å²) in [6.07, 6.45) is 6.88. The Morgan fingerprint density at radius 2 is 2.08 bits per heavy atom. The van der Waals surface area contributed by atoms with Crippen LogP contribution in [0.15, 0.2) is 16.6 Å². The largest absolute Gasteiger partial charge is 0.0836 e. The van der Waals surface area contributed by atoms with Crippen LogP contribution in [-0.4, -0.2) is 0 Å². The number of fused-ring (bicyclic) bond motifs is 1. The Bertz CT molecular complexity index is 375. The summed E-state index contributed by atoms with van der Waals surface area (Å²) >= 11 is 3.63. The minimum Gasteiger partial charge on any atom is -0.0836 e. The van der Waals surface area contributed by atoms with Crippen molar-refractivity contribution in [3.8, 4) is 0 Å². The molecular weight excluding hydrogens is 224 g/mol. The van der Waals surface area contributed by atoms with Gasteiger partial charge < -0.3 is 0 Å². The summed E-state index contributed by atoms with van der Waals surface area (Å²) in [6.45, 7) is 4.36. The van der Waals surface area contributed by atoms with Crippen molar-refractivity contribution < 1.29 is 0 Å². The molecule has 1 aromatic rings. The molecule has 0 N–H and O–H groups in total. The van der Waals surface area contributed by atoms with Gasteiger partial charge in [-0.3, -0.25) is 0 Å². The van der Waals surface area contributed by atoms with Crippen molar-refractivity contribution in [2.75, 3.05) is 0 Å². The van der Waals surface area contributed by atoms with Crippen LogP contribution < -0.4 is 0 Å². The van der Waals surface area contributed by atoms with Crippen LogP contribution in [-0.2, 0) is 6.42 Å². The van der Waals surface area contributed by atoms with E-state index in [2.05, 4.69) is 48.0 Å². The van der Waals surface area contributed by atoms with Gasteiger partial charge in [0.1, 0.15) is 0 Å². The quantitative estimate of drug-likeness (QED) is 0.639. The molecule has 0 spiro atoms. The molecule has 0 saturated heterocycles. The molecular formula is C12H13Br. The van der Waals surface area contributed by atoms with Gasteiger partial charge in [-0.15, -0.1) is 0 Å². The van der Waals surface area contributed by atoms with Gasteiger partial charge in [-0.25, -0.2) is 0 Å². The molecule has 1 aromatic carbocycles. The molecule has 0 radical (unpaired) electrons. The Morgan fingerprint density at radius 3 is 2.85 bits per heavy atom. The number of hydrogen-bond acceptors (Lipinski definition) is 0. The molecule has 0 amide bonds. The average molecular weight is 237 g/mol. The lowest BCUT2D eigenvalue weighted by Crippen LogP contribution is -1.99. The molecule has 0 aliphatic heterocycles. The second-order valence-corrected chi connectivity index (χ2v) is 4.43. The standard InChI is InChI=1S/C12H13Br/c1-8-7-10-5-3-4-6-11(10)9(2)12(8)13/h3,5,7H,4,6H2,1-2H3. The molecule has 0 heterocycles. The van der Waals surface area contributed by atoms with Crippen molar-refractivity contribution in [3.63, 3.8) is 0 Å². The van der Waals surface area contributed by atoms with Gasteiger partial charge >= 0.3 is 0 Å². The molecule has 0 fully saturated rings. The van der Waals surface area contributed by atoms with Crippen molar-refractivity contribution in [2.45, 2.75) is 26.7 Å². The Hall–Kier alpha value is -0.560. The molecule has 0 aromatic heterocycles. The van der Waals surface area contributed by atoms with Crippen LogP contribution in [0.2, 0.25) is 0 Å². The van der Waals surface area contributed by atoms with E-state index in [0.29, 0.717) is 0 Å². The van der Waals surface area contributed by atoms with E-state index in [9.17, 15) is 0 Å². The summed E-state index contributed by atoms with van der Waals surface area (Å²) in [4.78, 5) is 0. The molecule has 13 heavy (non-hydrogen) atoms. The summed E-state index contributed by atoms with van der Waals surface area (Å²) in [5, 5.41) is 0. The number of allylic oxidation sites excluding steroid dienone is 1. The van der Waals surface area contributed by atoms with E-state index in [1.54, 1.807) is 0 Å². The second kappa shape index (κ2) is 3.30. The third-order valence-electron chi connectivity index (χ3n) is 2.71. The summed E-state index contributed by atoms with van der Waals surface area (Å²) < 4.78 is 1.28. The Balaban J connectivity index is 2.69. The monoisotopic (exact) mass is 236 g/mol. The lowest BCUT2D eigenvalue weighted by molar-refractivity contribution is 0.965. The first-order valence-corrected chi connectivity index (χ1v) is 5.44. The van der Waals surface area contributed by atoms with E-state index in [4.69, 9.17) is 0 Å². The van der Waals surface area contributed by atoms with Crippen molar-refractivity contribution >= 4 is 22.0 Å². The van der Waals surface area contributed by atoms with Gasteiger partial charge in [0.25, 0.3) is 0 Å². The second-order valence-electron chi connectivity index (χ2n) is 3.64. The maximum atomic E-state index is 3.63. The summed E-state index contributed by atoms with van der Waals surface area (Å²) in [7, 11) is 0. The van der Waals surface area contributed by atoms with Crippen LogP contribution in [0.1, 0.15) is 28.7 Å². The highest BCUT2D eigenvalue weighted by molar-refractivity contribution is 9.10. The molecule has 0 nitrogen and oxygen atoms in total. The van der Waals surface area contributed by atoms with Crippen LogP contribution in [0.5, 0.6) is 0 Å².